The number of nitrogens with one attached hydrogen (secondary N) is 1. The molecule has 6 nitrogen and oxygen atoms in total. The maximum absolute atomic E-state index is 13.2. The van der Waals surface area contributed by atoms with Gasteiger partial charge in [-0.3, -0.25) is 4.79 Å². The Morgan fingerprint density at radius 3 is 2.62 bits per heavy atom. The largest absolute Gasteiger partial charge is 0.356 e. The highest BCUT2D eigenvalue weighted by atomic mass is 16.5. The number of aromatic nitrogens is 1. The average Bonchev–Trinajstić information content (AvgIpc) is 3.67. The Morgan fingerprint density at radius 2 is 1.85 bits per heavy atom. The molecule has 0 saturated heterocycles. The number of hydrogen-bond donors (Lipinski definition) is 1. The summed E-state index contributed by atoms with van der Waals surface area (Å²) in [4.78, 5) is 28.2. The minimum Gasteiger partial charge on any atom is -0.356 e. The van der Waals surface area contributed by atoms with E-state index in [9.17, 15) is 9.59 Å². The zero-order valence-electron chi connectivity index (χ0n) is 23.8. The van der Waals surface area contributed by atoms with E-state index in [0.29, 0.717) is 37.6 Å². The summed E-state index contributed by atoms with van der Waals surface area (Å²) in [6.07, 6.45) is 2.94. The van der Waals surface area contributed by atoms with Gasteiger partial charge in [0.1, 0.15) is 5.78 Å². The van der Waals surface area contributed by atoms with E-state index in [-0.39, 0.29) is 17.5 Å². The lowest BCUT2D eigenvalue weighted by Crippen LogP contribution is -2.50. The van der Waals surface area contributed by atoms with E-state index in [0.717, 1.165) is 35.1 Å². The van der Waals surface area contributed by atoms with Crippen molar-refractivity contribution in [3.63, 3.8) is 0 Å². The fraction of sp³-hybridized carbons (Fsp3) is 0.382. The first kappa shape index (κ1) is 26.3. The van der Waals surface area contributed by atoms with Crippen molar-refractivity contribution in [1.29, 1.82) is 0 Å². The van der Waals surface area contributed by atoms with Gasteiger partial charge in [-0.1, -0.05) is 53.7 Å². The second-order valence-electron chi connectivity index (χ2n) is 12.4. The van der Waals surface area contributed by atoms with Crippen LogP contribution >= 0.6 is 0 Å². The molecule has 2 aliphatic rings. The molecule has 1 aliphatic carbocycles. The molecule has 1 fully saturated rings. The van der Waals surface area contributed by atoms with Gasteiger partial charge >= 0.3 is 6.03 Å². The molecule has 4 aromatic rings. The van der Waals surface area contributed by atoms with Gasteiger partial charge in [0.25, 0.3) is 0 Å². The van der Waals surface area contributed by atoms with Crippen LogP contribution < -0.4 is 5.32 Å². The van der Waals surface area contributed by atoms with Crippen LogP contribution in [0.3, 0.4) is 0 Å². The molecule has 2 atom stereocenters. The summed E-state index contributed by atoms with van der Waals surface area (Å²) in [5.74, 6) is 0.834. The zero-order chi connectivity index (χ0) is 28.0. The van der Waals surface area contributed by atoms with Crippen LogP contribution in [0.5, 0.6) is 0 Å². The number of carbonyl (C=O) groups excluding carboxylic acids is 2. The molecule has 1 aromatic heterocycles. The first-order chi connectivity index (χ1) is 19.2. The van der Waals surface area contributed by atoms with Gasteiger partial charge < -0.3 is 14.7 Å². The summed E-state index contributed by atoms with van der Waals surface area (Å²) in [5, 5.41) is 8.25. The fourth-order valence-corrected chi connectivity index (χ4v) is 6.11. The second kappa shape index (κ2) is 10.2. The van der Waals surface area contributed by atoms with E-state index in [4.69, 9.17) is 4.52 Å². The molecule has 1 N–H and O–H groups in total. The second-order valence-corrected chi connectivity index (χ2v) is 12.4. The highest BCUT2D eigenvalue weighted by molar-refractivity contribution is 5.87. The number of amides is 2. The van der Waals surface area contributed by atoms with Crippen LogP contribution in [-0.4, -0.2) is 34.0 Å². The molecule has 40 heavy (non-hydrogen) atoms. The topological polar surface area (TPSA) is 75.4 Å². The number of rotatable bonds is 6. The number of fused-ring (bicyclic) bond motifs is 2. The van der Waals surface area contributed by atoms with Crippen molar-refractivity contribution < 1.29 is 14.1 Å². The molecule has 206 valence electrons. The Morgan fingerprint density at radius 1 is 1.05 bits per heavy atom. The third-order valence-corrected chi connectivity index (χ3v) is 8.31. The number of hydrogen-bond acceptors (Lipinski definition) is 4. The molecule has 2 amide bonds. The molecular formula is C34H37N3O3. The van der Waals surface area contributed by atoms with Gasteiger partial charge in [-0.05, 0) is 98.4 Å². The lowest BCUT2D eigenvalue weighted by atomic mass is 9.85. The van der Waals surface area contributed by atoms with Crippen LogP contribution in [0.4, 0.5) is 4.79 Å². The Kier molecular flexibility index (Phi) is 6.73. The summed E-state index contributed by atoms with van der Waals surface area (Å²) in [6, 6.07) is 20.9. The molecule has 1 unspecified atom stereocenters. The number of ketones is 1. The molecule has 0 spiro atoms. The first-order valence-corrected chi connectivity index (χ1v) is 14.3. The molecule has 0 radical (unpaired) electrons. The van der Waals surface area contributed by atoms with Crippen LogP contribution in [0.15, 0.2) is 65.2 Å². The van der Waals surface area contributed by atoms with Crippen molar-refractivity contribution in [1.82, 2.24) is 15.4 Å². The summed E-state index contributed by atoms with van der Waals surface area (Å²) >= 11 is 0. The summed E-state index contributed by atoms with van der Waals surface area (Å²) in [6.45, 7) is 9.15. The Labute approximate surface area is 235 Å². The lowest BCUT2D eigenvalue weighted by Gasteiger charge is -2.34. The van der Waals surface area contributed by atoms with Gasteiger partial charge in [-0.2, -0.15) is 0 Å². The molecule has 1 saturated carbocycles. The maximum Gasteiger partial charge on any atom is 0.318 e. The van der Waals surface area contributed by atoms with Crippen molar-refractivity contribution in [3.8, 4) is 11.1 Å². The van der Waals surface area contributed by atoms with Crippen LogP contribution in [0.1, 0.15) is 67.5 Å². The van der Waals surface area contributed by atoms with E-state index in [2.05, 4.69) is 46.9 Å². The number of aryl methyl sites for hydroxylation is 2. The number of carbonyl (C=O) groups is 2. The highest BCUT2D eigenvalue weighted by Gasteiger charge is 2.43. The Bertz CT molecular complexity index is 1580. The smallest absolute Gasteiger partial charge is 0.318 e. The molecule has 1 aliphatic heterocycles. The standard InChI is InChI=1S/C34H37N3O3/c1-21-27-18-24(12-15-32(27)40-36-21)25-13-10-23(11-14-31(38)29-19-28(29)22-8-6-5-7-9-22)30-20-37(17-16-26(25)30)33(39)35-34(2,3)4/h5-10,12-13,15,18,28-29H,11,14,16-17,19-20H2,1-4H3,(H,35,39)/t28-,29?/m0/s1. The van der Waals surface area contributed by atoms with Crippen molar-refractivity contribution in [2.75, 3.05) is 6.54 Å². The van der Waals surface area contributed by atoms with Crippen molar-refractivity contribution in [3.05, 3.63) is 88.6 Å². The van der Waals surface area contributed by atoms with Gasteiger partial charge in [0.05, 0.1) is 5.69 Å². The van der Waals surface area contributed by atoms with Gasteiger partial charge in [-0.15, -0.1) is 0 Å². The van der Waals surface area contributed by atoms with Crippen LogP contribution in [0.2, 0.25) is 0 Å². The number of benzene rings is 3. The lowest BCUT2D eigenvalue weighted by molar-refractivity contribution is -0.120. The predicted molar refractivity (Wildman–Crippen MR) is 157 cm³/mol. The fourth-order valence-electron chi connectivity index (χ4n) is 6.11. The third-order valence-electron chi connectivity index (χ3n) is 8.31. The highest BCUT2D eigenvalue weighted by Crippen LogP contribution is 2.48. The Hall–Kier alpha value is -3.93. The van der Waals surface area contributed by atoms with E-state index in [1.54, 1.807) is 0 Å². The molecule has 2 heterocycles. The van der Waals surface area contributed by atoms with E-state index in [1.165, 1.54) is 27.8 Å². The molecule has 0 bridgehead atoms. The molecule has 3 aromatic carbocycles. The van der Waals surface area contributed by atoms with Gasteiger partial charge in [0, 0.05) is 36.4 Å². The van der Waals surface area contributed by atoms with E-state index >= 15 is 0 Å². The van der Waals surface area contributed by atoms with Gasteiger partial charge in [0.15, 0.2) is 5.58 Å². The van der Waals surface area contributed by atoms with Gasteiger partial charge in [0.2, 0.25) is 0 Å². The van der Waals surface area contributed by atoms with Crippen molar-refractivity contribution >= 4 is 22.8 Å². The van der Waals surface area contributed by atoms with E-state index < -0.39 is 0 Å². The number of Topliss-reactive ketones (excluding diaryl/α,β-unsaturated/α-hetero) is 1. The number of urea groups is 1. The van der Waals surface area contributed by atoms with Crippen LogP contribution in [-0.2, 0) is 24.2 Å². The van der Waals surface area contributed by atoms with Gasteiger partial charge in [-0.25, -0.2) is 4.79 Å². The third kappa shape index (κ3) is 5.27. The molecule has 6 rings (SSSR count). The summed E-state index contributed by atoms with van der Waals surface area (Å²) in [7, 11) is 0. The molecule has 6 heteroatoms. The Balaban J connectivity index is 1.28. The predicted octanol–water partition coefficient (Wildman–Crippen LogP) is 6.97. The minimum atomic E-state index is -0.306. The molecular weight excluding hydrogens is 498 g/mol. The van der Waals surface area contributed by atoms with Crippen LogP contribution in [0.25, 0.3) is 22.1 Å². The van der Waals surface area contributed by atoms with Crippen molar-refractivity contribution in [2.45, 2.75) is 71.4 Å². The SMILES string of the molecule is Cc1noc2ccc(-c3ccc(CCC(=O)C4C[C@H]4c4ccccc4)c4c3CCN(C(=O)NC(C)(C)C)C4)cc12. The summed E-state index contributed by atoms with van der Waals surface area (Å²) in [5.41, 5.74) is 8.53. The maximum atomic E-state index is 13.2. The monoisotopic (exact) mass is 535 g/mol. The summed E-state index contributed by atoms with van der Waals surface area (Å²) < 4.78 is 5.43. The average molecular weight is 536 g/mol. The van der Waals surface area contributed by atoms with Crippen molar-refractivity contribution in [2.24, 2.45) is 5.92 Å². The minimum absolute atomic E-state index is 0.0456. The normalized spacial score (nSPS) is 18.4. The zero-order valence-corrected chi connectivity index (χ0v) is 23.8. The quantitative estimate of drug-likeness (QED) is 0.289. The number of nitrogens with zero attached hydrogens (tertiary/aromatic N) is 2. The van der Waals surface area contributed by atoms with E-state index in [1.807, 2.05) is 56.9 Å². The first-order valence-electron chi connectivity index (χ1n) is 14.3. The van der Waals surface area contributed by atoms with Crippen LogP contribution in [0, 0.1) is 12.8 Å².